The van der Waals surface area contributed by atoms with E-state index in [1.54, 1.807) is 24.3 Å². The van der Waals surface area contributed by atoms with Gasteiger partial charge in [0.15, 0.2) is 0 Å². The van der Waals surface area contributed by atoms with Gasteiger partial charge in [0.2, 0.25) is 11.8 Å². The van der Waals surface area contributed by atoms with E-state index in [1.165, 1.54) is 13.3 Å². The number of hydrogen-bond acceptors (Lipinski definition) is 5. The number of ether oxygens (including phenoxy) is 1. The molecule has 2 amide bonds. The molecule has 7 heteroatoms. The van der Waals surface area contributed by atoms with Gasteiger partial charge in [0, 0.05) is 25.3 Å². The second-order valence-corrected chi connectivity index (χ2v) is 7.87. The third kappa shape index (κ3) is 12.8. The molecular weight excluding hydrogens is 384 g/mol. The Labute approximate surface area is 178 Å². The molecule has 30 heavy (non-hydrogen) atoms. The molecule has 0 radical (unpaired) electrons. The molecule has 1 rings (SSSR count). The molecule has 0 fully saturated rings. The van der Waals surface area contributed by atoms with Crippen molar-refractivity contribution in [2.45, 2.75) is 59.3 Å². The SMILES string of the molecule is CC(=O)CC(=O)Cc1ccc(NC(=O)CC(=O)NCCOCCCCC(C)C)cc1. The molecule has 1 aromatic rings. The van der Waals surface area contributed by atoms with Gasteiger partial charge < -0.3 is 15.4 Å². The number of Topliss-reactive ketones (excluding diaryl/α,β-unsaturated/α-hetero) is 2. The van der Waals surface area contributed by atoms with Crippen molar-refractivity contribution < 1.29 is 23.9 Å². The monoisotopic (exact) mass is 418 g/mol. The van der Waals surface area contributed by atoms with Crippen molar-refractivity contribution in [1.82, 2.24) is 5.32 Å². The quantitative estimate of drug-likeness (QED) is 0.337. The summed E-state index contributed by atoms with van der Waals surface area (Å²) in [6.45, 7) is 7.26. The molecular formula is C23H34N2O5. The molecule has 0 spiro atoms. The van der Waals surface area contributed by atoms with Crippen LogP contribution in [0.25, 0.3) is 0 Å². The summed E-state index contributed by atoms with van der Waals surface area (Å²) < 4.78 is 5.47. The molecule has 166 valence electrons. The zero-order chi connectivity index (χ0) is 22.4. The first kappa shape index (κ1) is 25.5. The Kier molecular flexibility index (Phi) is 12.3. The largest absolute Gasteiger partial charge is 0.380 e. The highest BCUT2D eigenvalue weighted by Crippen LogP contribution is 2.11. The smallest absolute Gasteiger partial charge is 0.233 e. The third-order valence-electron chi connectivity index (χ3n) is 4.29. The van der Waals surface area contributed by atoms with Crippen LogP contribution in [0.1, 0.15) is 58.4 Å². The van der Waals surface area contributed by atoms with Crippen LogP contribution >= 0.6 is 0 Å². The highest BCUT2D eigenvalue weighted by Gasteiger charge is 2.10. The van der Waals surface area contributed by atoms with E-state index in [9.17, 15) is 19.2 Å². The van der Waals surface area contributed by atoms with E-state index in [1.807, 2.05) is 0 Å². The Hall–Kier alpha value is -2.54. The van der Waals surface area contributed by atoms with Crippen LogP contribution in [0, 0.1) is 5.92 Å². The summed E-state index contributed by atoms with van der Waals surface area (Å²) in [6, 6.07) is 6.76. The average molecular weight is 419 g/mol. The molecule has 2 N–H and O–H groups in total. The molecule has 7 nitrogen and oxygen atoms in total. The molecule has 1 aromatic carbocycles. The van der Waals surface area contributed by atoms with Crippen LogP contribution in [-0.4, -0.2) is 43.1 Å². The summed E-state index contributed by atoms with van der Waals surface area (Å²) in [6.07, 6.45) is 3.17. The first-order valence-electron chi connectivity index (χ1n) is 10.5. The average Bonchev–Trinajstić information content (AvgIpc) is 2.64. The third-order valence-corrected chi connectivity index (χ3v) is 4.29. The summed E-state index contributed by atoms with van der Waals surface area (Å²) in [7, 11) is 0. The van der Waals surface area contributed by atoms with E-state index in [2.05, 4.69) is 24.5 Å². The lowest BCUT2D eigenvalue weighted by atomic mass is 10.1. The Morgan fingerprint density at radius 1 is 0.933 bits per heavy atom. The molecule has 0 heterocycles. The van der Waals surface area contributed by atoms with Crippen LogP contribution < -0.4 is 10.6 Å². The van der Waals surface area contributed by atoms with Crippen LogP contribution in [0.5, 0.6) is 0 Å². The van der Waals surface area contributed by atoms with E-state index in [-0.39, 0.29) is 36.7 Å². The second kappa shape index (κ2) is 14.4. The number of ketones is 2. The Bertz CT molecular complexity index is 698. The fraction of sp³-hybridized carbons (Fsp3) is 0.565. The van der Waals surface area contributed by atoms with Crippen molar-refractivity contribution in [2.24, 2.45) is 5.92 Å². The molecule has 0 saturated heterocycles. The van der Waals surface area contributed by atoms with Crippen LogP contribution in [0.2, 0.25) is 0 Å². The topological polar surface area (TPSA) is 102 Å². The maximum atomic E-state index is 12.0. The van der Waals surface area contributed by atoms with Crippen LogP contribution in [0.15, 0.2) is 24.3 Å². The lowest BCUT2D eigenvalue weighted by Crippen LogP contribution is -2.30. The number of anilines is 1. The van der Waals surface area contributed by atoms with Crippen LogP contribution in [0.4, 0.5) is 5.69 Å². The summed E-state index contributed by atoms with van der Waals surface area (Å²) in [5.41, 5.74) is 1.31. The van der Waals surface area contributed by atoms with Crippen molar-refractivity contribution in [3.63, 3.8) is 0 Å². The van der Waals surface area contributed by atoms with Gasteiger partial charge in [-0.1, -0.05) is 38.8 Å². The lowest BCUT2D eigenvalue weighted by molar-refractivity contribution is -0.128. The van der Waals surface area contributed by atoms with Gasteiger partial charge in [0.05, 0.1) is 13.0 Å². The zero-order valence-electron chi connectivity index (χ0n) is 18.3. The van der Waals surface area contributed by atoms with Crippen molar-refractivity contribution in [3.8, 4) is 0 Å². The predicted molar refractivity (Wildman–Crippen MR) is 116 cm³/mol. The Balaban J connectivity index is 2.20. The summed E-state index contributed by atoms with van der Waals surface area (Å²) in [5.74, 6) is -0.369. The molecule has 0 saturated carbocycles. The second-order valence-electron chi connectivity index (χ2n) is 7.87. The lowest BCUT2D eigenvalue weighted by Gasteiger charge is -2.08. The fourth-order valence-electron chi connectivity index (χ4n) is 2.81. The minimum Gasteiger partial charge on any atom is -0.380 e. The van der Waals surface area contributed by atoms with E-state index < -0.39 is 5.91 Å². The van der Waals surface area contributed by atoms with Gasteiger partial charge >= 0.3 is 0 Å². The van der Waals surface area contributed by atoms with Crippen molar-refractivity contribution in [2.75, 3.05) is 25.1 Å². The number of hydrogen-bond donors (Lipinski definition) is 2. The number of benzene rings is 1. The molecule has 0 unspecified atom stereocenters. The minimum absolute atomic E-state index is 0.0726. The van der Waals surface area contributed by atoms with Crippen LogP contribution in [0.3, 0.4) is 0 Å². The summed E-state index contributed by atoms with van der Waals surface area (Å²) in [4.78, 5) is 46.4. The van der Waals surface area contributed by atoms with Gasteiger partial charge in [-0.05, 0) is 37.0 Å². The van der Waals surface area contributed by atoms with Crippen LogP contribution in [-0.2, 0) is 30.3 Å². The molecule has 0 aliphatic carbocycles. The first-order valence-corrected chi connectivity index (χ1v) is 10.5. The van der Waals surface area contributed by atoms with E-state index in [4.69, 9.17) is 4.74 Å². The highest BCUT2D eigenvalue weighted by molar-refractivity contribution is 6.03. The molecule has 0 aliphatic heterocycles. The predicted octanol–water partition coefficient (Wildman–Crippen LogP) is 3.07. The first-order chi connectivity index (χ1) is 14.3. The van der Waals surface area contributed by atoms with Gasteiger partial charge in [0.1, 0.15) is 18.0 Å². The number of rotatable bonds is 15. The zero-order valence-corrected chi connectivity index (χ0v) is 18.3. The summed E-state index contributed by atoms with van der Waals surface area (Å²) in [5, 5.41) is 5.31. The number of unbranched alkanes of at least 4 members (excludes halogenated alkanes) is 1. The maximum Gasteiger partial charge on any atom is 0.233 e. The molecule has 0 aromatic heterocycles. The Morgan fingerprint density at radius 3 is 2.27 bits per heavy atom. The number of carbonyl (C=O) groups excluding carboxylic acids is 4. The number of nitrogens with one attached hydrogen (secondary N) is 2. The Morgan fingerprint density at radius 2 is 1.63 bits per heavy atom. The normalized spacial score (nSPS) is 10.7. The van der Waals surface area contributed by atoms with Gasteiger partial charge in [0.25, 0.3) is 0 Å². The van der Waals surface area contributed by atoms with Gasteiger partial charge in [-0.2, -0.15) is 0 Å². The van der Waals surface area contributed by atoms with E-state index in [0.29, 0.717) is 31.4 Å². The molecule has 0 bridgehead atoms. The highest BCUT2D eigenvalue weighted by atomic mass is 16.5. The molecule has 0 atom stereocenters. The standard InChI is InChI=1S/C23H34N2O5/c1-17(2)6-4-5-12-30-13-11-24-22(28)16-23(29)25-20-9-7-19(8-10-20)15-21(27)14-18(3)26/h7-10,17H,4-6,11-16H2,1-3H3,(H,24,28)(H,25,29). The van der Waals surface area contributed by atoms with Crippen molar-refractivity contribution in [3.05, 3.63) is 29.8 Å². The number of carbonyl (C=O) groups is 4. The maximum absolute atomic E-state index is 12.0. The van der Waals surface area contributed by atoms with Crippen molar-refractivity contribution >= 4 is 29.1 Å². The van der Waals surface area contributed by atoms with E-state index in [0.717, 1.165) is 18.4 Å². The van der Waals surface area contributed by atoms with Crippen molar-refractivity contribution in [1.29, 1.82) is 0 Å². The fourth-order valence-corrected chi connectivity index (χ4v) is 2.81. The van der Waals surface area contributed by atoms with Gasteiger partial charge in [-0.25, -0.2) is 0 Å². The van der Waals surface area contributed by atoms with E-state index >= 15 is 0 Å². The minimum atomic E-state index is -0.414. The molecule has 0 aliphatic rings. The van der Waals surface area contributed by atoms with Gasteiger partial charge in [-0.3, -0.25) is 19.2 Å². The number of amides is 2. The van der Waals surface area contributed by atoms with Gasteiger partial charge in [-0.15, -0.1) is 0 Å². The summed E-state index contributed by atoms with van der Waals surface area (Å²) >= 11 is 0.